The first-order valence-corrected chi connectivity index (χ1v) is 8.75. The van der Waals surface area contributed by atoms with Crippen LogP contribution in [0.1, 0.15) is 30.5 Å². The number of ether oxygens (including phenoxy) is 3. The molecule has 2 aromatic rings. The molecule has 0 aliphatic carbocycles. The molecule has 144 valence electrons. The van der Waals surface area contributed by atoms with Crippen molar-refractivity contribution >= 4 is 12.1 Å². The largest absolute Gasteiger partial charge is 0.493 e. The van der Waals surface area contributed by atoms with Crippen LogP contribution in [-0.4, -0.2) is 31.9 Å². The van der Waals surface area contributed by atoms with Crippen LogP contribution in [-0.2, 0) is 4.79 Å². The van der Waals surface area contributed by atoms with E-state index in [1.165, 1.54) is 6.21 Å². The Balaban J connectivity index is 1.89. The molecule has 0 aliphatic heterocycles. The molecule has 0 aliphatic rings. The summed E-state index contributed by atoms with van der Waals surface area (Å²) >= 11 is 0. The molecule has 0 atom stereocenters. The van der Waals surface area contributed by atoms with Crippen LogP contribution in [0.25, 0.3) is 0 Å². The van der Waals surface area contributed by atoms with Gasteiger partial charge in [-0.05, 0) is 74.7 Å². The summed E-state index contributed by atoms with van der Waals surface area (Å²) in [7, 11) is 1.58. The highest BCUT2D eigenvalue weighted by Crippen LogP contribution is 2.28. The zero-order valence-electron chi connectivity index (χ0n) is 16.4. The van der Waals surface area contributed by atoms with Crippen LogP contribution in [0, 0.1) is 13.8 Å². The summed E-state index contributed by atoms with van der Waals surface area (Å²) in [6, 6.07) is 11.3. The highest BCUT2D eigenvalue weighted by Gasteiger charge is 2.07. The lowest BCUT2D eigenvalue weighted by Gasteiger charge is -2.13. The van der Waals surface area contributed by atoms with Crippen molar-refractivity contribution in [3.63, 3.8) is 0 Å². The minimum Gasteiger partial charge on any atom is -0.493 e. The van der Waals surface area contributed by atoms with Gasteiger partial charge in [0, 0.05) is 0 Å². The Labute approximate surface area is 160 Å². The number of nitrogens with one attached hydrogen (secondary N) is 1. The van der Waals surface area contributed by atoms with Gasteiger partial charge in [0.1, 0.15) is 5.75 Å². The molecule has 27 heavy (non-hydrogen) atoms. The van der Waals surface area contributed by atoms with Crippen molar-refractivity contribution in [3.05, 3.63) is 53.1 Å². The number of methoxy groups -OCH3 is 1. The van der Waals surface area contributed by atoms with Gasteiger partial charge in [0.25, 0.3) is 5.91 Å². The van der Waals surface area contributed by atoms with Gasteiger partial charge in [0.15, 0.2) is 18.1 Å². The van der Waals surface area contributed by atoms with Crippen LogP contribution in [0.3, 0.4) is 0 Å². The van der Waals surface area contributed by atoms with E-state index in [0.29, 0.717) is 17.2 Å². The van der Waals surface area contributed by atoms with Gasteiger partial charge in [-0.15, -0.1) is 0 Å². The summed E-state index contributed by atoms with van der Waals surface area (Å²) in [5.74, 6) is 1.60. The van der Waals surface area contributed by atoms with Crippen molar-refractivity contribution in [2.45, 2.75) is 33.8 Å². The van der Waals surface area contributed by atoms with Gasteiger partial charge in [0.2, 0.25) is 0 Å². The average molecular weight is 370 g/mol. The molecule has 0 fully saturated rings. The van der Waals surface area contributed by atoms with E-state index < -0.39 is 0 Å². The minimum absolute atomic E-state index is 0.0508. The Morgan fingerprint density at radius 2 is 1.81 bits per heavy atom. The summed E-state index contributed by atoms with van der Waals surface area (Å²) in [6.45, 7) is 7.76. The number of hydrogen-bond acceptors (Lipinski definition) is 5. The lowest BCUT2D eigenvalue weighted by Crippen LogP contribution is -2.24. The zero-order valence-corrected chi connectivity index (χ0v) is 16.4. The van der Waals surface area contributed by atoms with Gasteiger partial charge in [-0.2, -0.15) is 5.10 Å². The molecule has 0 unspecified atom stereocenters. The molecular formula is C21H26N2O4. The van der Waals surface area contributed by atoms with E-state index in [9.17, 15) is 4.79 Å². The number of carbonyl (C=O) groups is 1. The first kappa shape index (κ1) is 20.3. The number of benzene rings is 2. The molecule has 0 aromatic heterocycles. The van der Waals surface area contributed by atoms with E-state index >= 15 is 0 Å². The predicted molar refractivity (Wildman–Crippen MR) is 106 cm³/mol. The van der Waals surface area contributed by atoms with Gasteiger partial charge in [-0.3, -0.25) is 4.79 Å². The minimum atomic E-state index is -0.336. The molecule has 6 nitrogen and oxygen atoms in total. The molecule has 0 spiro atoms. The standard InChI is InChI=1S/C21H26N2O4/c1-14(2)27-19-7-6-17(11-20(19)25-5)12-22-23-21(24)13-26-18-9-15(3)8-16(4)10-18/h6-12,14H,13H2,1-5H3,(H,23,24)/b22-12+. The second-order valence-corrected chi connectivity index (χ2v) is 6.48. The van der Waals surface area contributed by atoms with E-state index in [1.807, 2.05) is 58.0 Å². The average Bonchev–Trinajstić information content (AvgIpc) is 2.60. The maximum atomic E-state index is 11.9. The Bertz CT molecular complexity index is 796. The fraction of sp³-hybridized carbons (Fsp3) is 0.333. The number of nitrogens with zero attached hydrogens (tertiary/aromatic N) is 1. The molecule has 1 N–H and O–H groups in total. The van der Waals surface area contributed by atoms with Crippen molar-refractivity contribution in [3.8, 4) is 17.2 Å². The molecule has 2 aromatic carbocycles. The van der Waals surface area contributed by atoms with Crippen molar-refractivity contribution in [2.24, 2.45) is 5.10 Å². The number of aryl methyl sites for hydroxylation is 2. The van der Waals surface area contributed by atoms with E-state index in [4.69, 9.17) is 14.2 Å². The van der Waals surface area contributed by atoms with Gasteiger partial charge >= 0.3 is 0 Å². The van der Waals surface area contributed by atoms with Gasteiger partial charge < -0.3 is 14.2 Å². The van der Waals surface area contributed by atoms with E-state index in [0.717, 1.165) is 16.7 Å². The van der Waals surface area contributed by atoms with Crippen molar-refractivity contribution in [1.82, 2.24) is 5.43 Å². The van der Waals surface area contributed by atoms with E-state index in [-0.39, 0.29) is 18.6 Å². The van der Waals surface area contributed by atoms with Crippen LogP contribution in [0.4, 0.5) is 0 Å². The van der Waals surface area contributed by atoms with Crippen LogP contribution in [0.15, 0.2) is 41.5 Å². The number of amides is 1. The quantitative estimate of drug-likeness (QED) is 0.569. The third-order valence-corrected chi connectivity index (χ3v) is 3.52. The molecule has 0 radical (unpaired) electrons. The van der Waals surface area contributed by atoms with Crippen molar-refractivity contribution < 1.29 is 19.0 Å². The summed E-state index contributed by atoms with van der Waals surface area (Å²) in [6.07, 6.45) is 1.59. The van der Waals surface area contributed by atoms with Gasteiger partial charge in [-0.25, -0.2) is 5.43 Å². The number of hydrazone groups is 1. The monoisotopic (exact) mass is 370 g/mol. The SMILES string of the molecule is COc1cc(/C=N/NC(=O)COc2cc(C)cc(C)c2)ccc1OC(C)C. The van der Waals surface area contributed by atoms with Crippen LogP contribution >= 0.6 is 0 Å². The summed E-state index contributed by atoms with van der Waals surface area (Å²) in [5, 5.41) is 3.95. The maximum absolute atomic E-state index is 11.9. The Morgan fingerprint density at radius 3 is 2.44 bits per heavy atom. The highest BCUT2D eigenvalue weighted by molar-refractivity contribution is 5.83. The Morgan fingerprint density at radius 1 is 1.11 bits per heavy atom. The number of carbonyl (C=O) groups excluding carboxylic acids is 1. The fourth-order valence-corrected chi connectivity index (χ4v) is 2.49. The summed E-state index contributed by atoms with van der Waals surface area (Å²) < 4.78 is 16.5. The summed E-state index contributed by atoms with van der Waals surface area (Å²) in [5.41, 5.74) is 5.40. The molecular weight excluding hydrogens is 344 g/mol. The third-order valence-electron chi connectivity index (χ3n) is 3.52. The second-order valence-electron chi connectivity index (χ2n) is 6.48. The topological polar surface area (TPSA) is 69.2 Å². The normalized spacial score (nSPS) is 10.9. The third kappa shape index (κ3) is 6.66. The van der Waals surface area contributed by atoms with E-state index in [1.54, 1.807) is 13.2 Å². The Kier molecular flexibility index (Phi) is 7.23. The molecule has 0 heterocycles. The van der Waals surface area contributed by atoms with Crippen LogP contribution in [0.5, 0.6) is 17.2 Å². The highest BCUT2D eigenvalue weighted by atomic mass is 16.5. The number of hydrogen-bond donors (Lipinski definition) is 1. The first-order valence-electron chi connectivity index (χ1n) is 8.75. The number of rotatable bonds is 8. The lowest BCUT2D eigenvalue weighted by molar-refractivity contribution is -0.123. The van der Waals surface area contributed by atoms with Crippen LogP contribution in [0.2, 0.25) is 0 Å². The smallest absolute Gasteiger partial charge is 0.277 e. The molecule has 6 heteroatoms. The van der Waals surface area contributed by atoms with Crippen molar-refractivity contribution in [2.75, 3.05) is 13.7 Å². The van der Waals surface area contributed by atoms with Gasteiger partial charge in [0.05, 0.1) is 19.4 Å². The predicted octanol–water partition coefficient (Wildman–Crippen LogP) is 3.63. The Hall–Kier alpha value is -3.02. The molecule has 1 amide bonds. The molecule has 0 saturated carbocycles. The molecule has 0 bridgehead atoms. The molecule has 2 rings (SSSR count). The maximum Gasteiger partial charge on any atom is 0.277 e. The van der Waals surface area contributed by atoms with Gasteiger partial charge in [-0.1, -0.05) is 6.07 Å². The first-order chi connectivity index (χ1) is 12.9. The van der Waals surface area contributed by atoms with E-state index in [2.05, 4.69) is 10.5 Å². The molecule has 0 saturated heterocycles. The van der Waals surface area contributed by atoms with Crippen molar-refractivity contribution in [1.29, 1.82) is 0 Å². The zero-order chi connectivity index (χ0) is 19.8. The summed E-state index contributed by atoms with van der Waals surface area (Å²) in [4.78, 5) is 11.9. The van der Waals surface area contributed by atoms with Crippen LogP contribution < -0.4 is 19.6 Å². The lowest BCUT2D eigenvalue weighted by atomic mass is 10.1. The fourth-order valence-electron chi connectivity index (χ4n) is 2.49. The second kappa shape index (κ2) is 9.62.